The number of nitrogens with one attached hydrogen (secondary N) is 1. The van der Waals surface area contributed by atoms with Crippen molar-refractivity contribution < 1.29 is 0 Å². The lowest BCUT2D eigenvalue weighted by atomic mass is 9.80. The van der Waals surface area contributed by atoms with Gasteiger partial charge in [-0.15, -0.1) is 0 Å². The van der Waals surface area contributed by atoms with Crippen LogP contribution in [0, 0.1) is 11.3 Å². The Bertz CT molecular complexity index is 193. The average molecular weight is 195 g/mol. The first-order valence-electron chi connectivity index (χ1n) is 6.33. The van der Waals surface area contributed by atoms with E-state index in [1.165, 1.54) is 38.5 Å². The summed E-state index contributed by atoms with van der Waals surface area (Å²) in [6, 6.07) is 1.57. The molecule has 0 aromatic rings. The molecule has 0 bridgehead atoms. The predicted molar refractivity (Wildman–Crippen MR) is 61.4 cm³/mol. The molecular weight excluding hydrogens is 170 g/mol. The molecule has 0 saturated heterocycles. The summed E-state index contributed by atoms with van der Waals surface area (Å²) in [5.74, 6) is 0.985. The second-order valence-electron chi connectivity index (χ2n) is 6.25. The highest BCUT2D eigenvalue weighted by Crippen LogP contribution is 2.38. The number of hydrogen-bond donors (Lipinski definition) is 1. The van der Waals surface area contributed by atoms with Crippen molar-refractivity contribution in [2.45, 2.75) is 71.4 Å². The quantitative estimate of drug-likeness (QED) is 0.728. The summed E-state index contributed by atoms with van der Waals surface area (Å²) in [6.07, 6.45) is 8.57. The van der Waals surface area contributed by atoms with Gasteiger partial charge in [-0.25, -0.2) is 0 Å². The molecule has 1 nitrogen and oxygen atoms in total. The lowest BCUT2D eigenvalue weighted by Crippen LogP contribution is -2.42. The van der Waals surface area contributed by atoms with Crippen molar-refractivity contribution >= 4 is 0 Å². The summed E-state index contributed by atoms with van der Waals surface area (Å²) in [5.41, 5.74) is 0.594. The highest BCUT2D eigenvalue weighted by atomic mass is 15.0. The molecule has 82 valence electrons. The SMILES string of the molecule is C[C@H](NC1CCC(C)(C)C1)C1CCC1. The van der Waals surface area contributed by atoms with Crippen LogP contribution in [0.4, 0.5) is 0 Å². The van der Waals surface area contributed by atoms with E-state index in [2.05, 4.69) is 26.1 Å². The fraction of sp³-hybridized carbons (Fsp3) is 1.00. The largest absolute Gasteiger partial charge is 0.311 e. The van der Waals surface area contributed by atoms with Gasteiger partial charge in [0.25, 0.3) is 0 Å². The van der Waals surface area contributed by atoms with E-state index in [-0.39, 0.29) is 0 Å². The second kappa shape index (κ2) is 3.84. The van der Waals surface area contributed by atoms with Crippen LogP contribution in [0.5, 0.6) is 0 Å². The molecule has 2 atom stereocenters. The molecule has 2 aliphatic carbocycles. The van der Waals surface area contributed by atoms with Crippen molar-refractivity contribution in [2.75, 3.05) is 0 Å². The monoisotopic (exact) mass is 195 g/mol. The summed E-state index contributed by atoms with van der Waals surface area (Å²) in [7, 11) is 0. The maximum Gasteiger partial charge on any atom is 0.00749 e. The molecule has 2 rings (SSSR count). The molecule has 2 aliphatic rings. The van der Waals surface area contributed by atoms with E-state index in [1.807, 2.05) is 0 Å². The van der Waals surface area contributed by atoms with E-state index in [0.717, 1.165) is 18.0 Å². The van der Waals surface area contributed by atoms with Crippen molar-refractivity contribution in [1.82, 2.24) is 5.32 Å². The van der Waals surface area contributed by atoms with Gasteiger partial charge in [0.15, 0.2) is 0 Å². The van der Waals surface area contributed by atoms with Crippen LogP contribution in [0.1, 0.15) is 59.3 Å². The van der Waals surface area contributed by atoms with Gasteiger partial charge < -0.3 is 5.32 Å². The smallest absolute Gasteiger partial charge is 0.00749 e. The molecule has 14 heavy (non-hydrogen) atoms. The van der Waals surface area contributed by atoms with Gasteiger partial charge in [0.1, 0.15) is 0 Å². The van der Waals surface area contributed by atoms with Gasteiger partial charge in [-0.2, -0.15) is 0 Å². The van der Waals surface area contributed by atoms with Crippen LogP contribution in [0.3, 0.4) is 0 Å². The molecule has 0 heterocycles. The minimum atomic E-state index is 0.594. The zero-order valence-electron chi connectivity index (χ0n) is 9.97. The number of hydrogen-bond acceptors (Lipinski definition) is 1. The topological polar surface area (TPSA) is 12.0 Å². The summed E-state index contributed by atoms with van der Waals surface area (Å²) >= 11 is 0. The molecule has 1 unspecified atom stereocenters. The predicted octanol–water partition coefficient (Wildman–Crippen LogP) is 3.34. The normalized spacial score (nSPS) is 34.1. The maximum absolute atomic E-state index is 3.84. The summed E-state index contributed by atoms with van der Waals surface area (Å²) < 4.78 is 0. The average Bonchev–Trinajstić information content (AvgIpc) is 2.25. The van der Waals surface area contributed by atoms with Gasteiger partial charge in [0.05, 0.1) is 0 Å². The molecule has 0 radical (unpaired) electrons. The highest BCUT2D eigenvalue weighted by Gasteiger charge is 2.33. The molecule has 1 N–H and O–H groups in total. The maximum atomic E-state index is 3.84. The van der Waals surface area contributed by atoms with Gasteiger partial charge in [0, 0.05) is 12.1 Å². The van der Waals surface area contributed by atoms with E-state index in [0.29, 0.717) is 5.41 Å². The van der Waals surface area contributed by atoms with Gasteiger partial charge in [0.2, 0.25) is 0 Å². The fourth-order valence-corrected chi connectivity index (χ4v) is 3.03. The van der Waals surface area contributed by atoms with Gasteiger partial charge >= 0.3 is 0 Å². The van der Waals surface area contributed by atoms with Gasteiger partial charge in [-0.05, 0) is 50.4 Å². The van der Waals surface area contributed by atoms with E-state index in [9.17, 15) is 0 Å². The Labute approximate surface area is 88.7 Å². The molecule has 0 aromatic heterocycles. The highest BCUT2D eigenvalue weighted by molar-refractivity contribution is 4.89. The zero-order chi connectivity index (χ0) is 10.2. The van der Waals surface area contributed by atoms with E-state index in [4.69, 9.17) is 0 Å². The molecular formula is C13H25N. The van der Waals surface area contributed by atoms with Crippen LogP contribution in [-0.4, -0.2) is 12.1 Å². The summed E-state index contributed by atoms with van der Waals surface area (Å²) in [6.45, 7) is 7.19. The Hall–Kier alpha value is -0.0400. The van der Waals surface area contributed by atoms with Crippen LogP contribution < -0.4 is 5.32 Å². The van der Waals surface area contributed by atoms with Crippen molar-refractivity contribution in [3.8, 4) is 0 Å². The molecule has 0 aliphatic heterocycles. The summed E-state index contributed by atoms with van der Waals surface area (Å²) in [4.78, 5) is 0. The first-order chi connectivity index (χ1) is 6.57. The molecule has 0 amide bonds. The molecule has 2 fully saturated rings. The Morgan fingerprint density at radius 2 is 1.93 bits per heavy atom. The summed E-state index contributed by atoms with van der Waals surface area (Å²) in [5, 5.41) is 3.84. The molecule has 1 heteroatoms. The molecule has 2 saturated carbocycles. The van der Waals surface area contributed by atoms with Crippen LogP contribution in [0.25, 0.3) is 0 Å². The Morgan fingerprint density at radius 3 is 2.36 bits per heavy atom. The zero-order valence-corrected chi connectivity index (χ0v) is 9.97. The molecule has 0 aromatic carbocycles. The van der Waals surface area contributed by atoms with Gasteiger partial charge in [-0.1, -0.05) is 20.3 Å². The third kappa shape index (κ3) is 2.31. The Balaban J connectivity index is 1.75. The third-order valence-corrected chi connectivity index (χ3v) is 4.32. The third-order valence-electron chi connectivity index (χ3n) is 4.32. The van der Waals surface area contributed by atoms with E-state index < -0.39 is 0 Å². The standard InChI is InChI=1S/C13H25N/c1-10(11-5-4-6-11)14-12-7-8-13(2,3)9-12/h10-12,14H,4-9H2,1-3H3/t10-,12?/m0/s1. The van der Waals surface area contributed by atoms with Crippen LogP contribution in [-0.2, 0) is 0 Å². The fourth-order valence-electron chi connectivity index (χ4n) is 3.03. The molecule has 0 spiro atoms. The number of rotatable bonds is 3. The minimum Gasteiger partial charge on any atom is -0.311 e. The van der Waals surface area contributed by atoms with Crippen molar-refractivity contribution in [2.24, 2.45) is 11.3 Å². The lowest BCUT2D eigenvalue weighted by Gasteiger charge is -2.34. The first-order valence-corrected chi connectivity index (χ1v) is 6.33. The minimum absolute atomic E-state index is 0.594. The van der Waals surface area contributed by atoms with Crippen molar-refractivity contribution in [3.63, 3.8) is 0 Å². The van der Waals surface area contributed by atoms with Crippen molar-refractivity contribution in [3.05, 3.63) is 0 Å². The van der Waals surface area contributed by atoms with Crippen LogP contribution in [0.15, 0.2) is 0 Å². The lowest BCUT2D eigenvalue weighted by molar-refractivity contribution is 0.223. The Kier molecular flexibility index (Phi) is 2.88. The first kappa shape index (κ1) is 10.5. The Morgan fingerprint density at radius 1 is 1.21 bits per heavy atom. The van der Waals surface area contributed by atoms with E-state index >= 15 is 0 Å². The van der Waals surface area contributed by atoms with E-state index in [1.54, 1.807) is 0 Å². The van der Waals surface area contributed by atoms with Crippen LogP contribution >= 0.6 is 0 Å². The second-order valence-corrected chi connectivity index (χ2v) is 6.25. The van der Waals surface area contributed by atoms with Gasteiger partial charge in [-0.3, -0.25) is 0 Å². The van der Waals surface area contributed by atoms with Crippen LogP contribution in [0.2, 0.25) is 0 Å². The van der Waals surface area contributed by atoms with Crippen molar-refractivity contribution in [1.29, 1.82) is 0 Å².